The van der Waals surface area contributed by atoms with Crippen LogP contribution in [-0.4, -0.2) is 49.4 Å². The minimum Gasteiger partial charge on any atom is -0.368 e. The lowest BCUT2D eigenvalue weighted by Gasteiger charge is -2.17. The van der Waals surface area contributed by atoms with Gasteiger partial charge < -0.3 is 10.6 Å². The summed E-state index contributed by atoms with van der Waals surface area (Å²) in [5.41, 5.74) is 3.30. The van der Waals surface area contributed by atoms with Crippen LogP contribution >= 0.6 is 0 Å². The zero-order valence-corrected chi connectivity index (χ0v) is 14.8. The second-order valence-corrected chi connectivity index (χ2v) is 6.41. The van der Waals surface area contributed by atoms with Crippen molar-refractivity contribution in [2.75, 3.05) is 25.0 Å². The van der Waals surface area contributed by atoms with Crippen LogP contribution < -0.4 is 10.6 Å². The van der Waals surface area contributed by atoms with E-state index >= 15 is 0 Å². The first kappa shape index (κ1) is 16.6. The molecule has 8 nitrogen and oxygen atoms in total. The minimum absolute atomic E-state index is 0.177. The fourth-order valence-corrected chi connectivity index (χ4v) is 3.10. The summed E-state index contributed by atoms with van der Waals surface area (Å²) in [7, 11) is 0. The van der Waals surface area contributed by atoms with Crippen molar-refractivity contribution >= 4 is 5.82 Å². The molecule has 0 unspecified atom stereocenters. The second-order valence-electron chi connectivity index (χ2n) is 6.41. The first-order chi connectivity index (χ1) is 12.8. The highest BCUT2D eigenvalue weighted by Gasteiger charge is 2.18. The van der Waals surface area contributed by atoms with Gasteiger partial charge in [0, 0.05) is 43.0 Å². The number of pyridine rings is 1. The normalized spacial score (nSPS) is 15.1. The summed E-state index contributed by atoms with van der Waals surface area (Å²) in [6, 6.07) is 4.06. The number of fused-ring (bicyclic) bond motifs is 1. The van der Waals surface area contributed by atoms with Crippen LogP contribution in [0.5, 0.6) is 0 Å². The molecule has 1 aliphatic rings. The summed E-state index contributed by atoms with van der Waals surface area (Å²) in [5.74, 6) is 1.65. The molecule has 0 radical (unpaired) electrons. The molecule has 3 aromatic heterocycles. The van der Waals surface area contributed by atoms with E-state index in [2.05, 4.69) is 32.6 Å². The summed E-state index contributed by atoms with van der Waals surface area (Å²) >= 11 is 0. The van der Waals surface area contributed by atoms with Gasteiger partial charge in [0.1, 0.15) is 18.5 Å². The smallest absolute Gasteiger partial charge is 0.161 e. The lowest BCUT2D eigenvalue weighted by atomic mass is 10.1. The quantitative estimate of drug-likeness (QED) is 0.720. The maximum atomic E-state index is 4.83. The van der Waals surface area contributed by atoms with Gasteiger partial charge in [0.05, 0.1) is 11.7 Å². The molecular weight excluding hydrogens is 328 g/mol. The highest BCUT2D eigenvalue weighted by Crippen LogP contribution is 2.24. The Morgan fingerprint density at radius 2 is 2.00 bits per heavy atom. The van der Waals surface area contributed by atoms with E-state index in [-0.39, 0.29) is 6.04 Å². The molecule has 2 N–H and O–H groups in total. The maximum absolute atomic E-state index is 4.83. The molecule has 0 saturated heterocycles. The van der Waals surface area contributed by atoms with E-state index in [1.165, 1.54) is 5.56 Å². The van der Waals surface area contributed by atoms with E-state index in [9.17, 15) is 0 Å². The fraction of sp³-hybridized carbons (Fsp3) is 0.389. The lowest BCUT2D eigenvalue weighted by Crippen LogP contribution is -2.19. The molecule has 3 aromatic rings. The summed E-state index contributed by atoms with van der Waals surface area (Å²) in [4.78, 5) is 17.8. The van der Waals surface area contributed by atoms with Crippen molar-refractivity contribution < 1.29 is 0 Å². The number of hydrogen-bond donors (Lipinski definition) is 2. The van der Waals surface area contributed by atoms with Gasteiger partial charge in [0.25, 0.3) is 0 Å². The molecule has 0 amide bonds. The van der Waals surface area contributed by atoms with Crippen molar-refractivity contribution in [2.24, 2.45) is 0 Å². The van der Waals surface area contributed by atoms with Gasteiger partial charge in [0.2, 0.25) is 0 Å². The van der Waals surface area contributed by atoms with Gasteiger partial charge >= 0.3 is 0 Å². The van der Waals surface area contributed by atoms with Crippen molar-refractivity contribution in [3.05, 3.63) is 48.4 Å². The van der Waals surface area contributed by atoms with Gasteiger partial charge in [-0.1, -0.05) is 0 Å². The predicted molar refractivity (Wildman–Crippen MR) is 98.8 cm³/mol. The van der Waals surface area contributed by atoms with E-state index in [1.807, 2.05) is 16.8 Å². The van der Waals surface area contributed by atoms with Gasteiger partial charge in [-0.15, -0.1) is 0 Å². The first-order valence-corrected chi connectivity index (χ1v) is 8.90. The molecule has 4 heterocycles. The SMILES string of the molecule is C[C@H](CNc1nc(-c2ccncc2)nc2c1CCNCC2)n1cncn1. The van der Waals surface area contributed by atoms with Crippen molar-refractivity contribution in [1.82, 2.24) is 35.0 Å². The van der Waals surface area contributed by atoms with E-state index in [4.69, 9.17) is 9.97 Å². The number of hydrogen-bond acceptors (Lipinski definition) is 7. The molecule has 8 heteroatoms. The molecule has 0 aromatic carbocycles. The summed E-state index contributed by atoms with van der Waals surface area (Å²) in [6.45, 7) is 4.70. The van der Waals surface area contributed by atoms with Crippen molar-refractivity contribution in [1.29, 1.82) is 0 Å². The van der Waals surface area contributed by atoms with Crippen molar-refractivity contribution in [3.8, 4) is 11.4 Å². The Hall–Kier alpha value is -2.87. The molecule has 0 bridgehead atoms. The molecule has 0 saturated carbocycles. The van der Waals surface area contributed by atoms with Crippen LogP contribution in [0.3, 0.4) is 0 Å². The third-order valence-electron chi connectivity index (χ3n) is 4.57. The van der Waals surface area contributed by atoms with E-state index in [0.717, 1.165) is 55.4 Å². The molecule has 0 spiro atoms. The van der Waals surface area contributed by atoms with E-state index < -0.39 is 0 Å². The highest BCUT2D eigenvalue weighted by atomic mass is 15.3. The highest BCUT2D eigenvalue weighted by molar-refractivity contribution is 5.59. The molecule has 0 fully saturated rings. The van der Waals surface area contributed by atoms with Crippen LogP contribution in [-0.2, 0) is 12.8 Å². The topological polar surface area (TPSA) is 93.4 Å². The van der Waals surface area contributed by atoms with E-state index in [0.29, 0.717) is 0 Å². The van der Waals surface area contributed by atoms with Gasteiger partial charge in [0.15, 0.2) is 5.82 Å². The Morgan fingerprint density at radius 1 is 1.15 bits per heavy atom. The fourth-order valence-electron chi connectivity index (χ4n) is 3.10. The van der Waals surface area contributed by atoms with Gasteiger partial charge in [-0.3, -0.25) is 4.98 Å². The third kappa shape index (κ3) is 3.55. The number of aromatic nitrogens is 6. The van der Waals surface area contributed by atoms with E-state index in [1.54, 1.807) is 25.0 Å². The Bertz CT molecular complexity index is 847. The van der Waals surface area contributed by atoms with Crippen LogP contribution in [0, 0.1) is 0 Å². The summed E-state index contributed by atoms with van der Waals surface area (Å²) < 4.78 is 1.85. The monoisotopic (exact) mass is 350 g/mol. The second kappa shape index (κ2) is 7.57. The molecule has 134 valence electrons. The molecule has 4 rings (SSSR count). The van der Waals surface area contributed by atoms with Gasteiger partial charge in [-0.2, -0.15) is 5.10 Å². The summed E-state index contributed by atoms with van der Waals surface area (Å²) in [6.07, 6.45) is 8.66. The Morgan fingerprint density at radius 3 is 2.81 bits per heavy atom. The molecule has 1 atom stereocenters. The molecule has 26 heavy (non-hydrogen) atoms. The number of nitrogens with zero attached hydrogens (tertiary/aromatic N) is 6. The first-order valence-electron chi connectivity index (χ1n) is 8.90. The largest absolute Gasteiger partial charge is 0.368 e. The summed E-state index contributed by atoms with van der Waals surface area (Å²) in [5, 5.41) is 11.2. The van der Waals surface area contributed by atoms with Gasteiger partial charge in [-0.25, -0.2) is 19.6 Å². The van der Waals surface area contributed by atoms with Crippen molar-refractivity contribution in [2.45, 2.75) is 25.8 Å². The van der Waals surface area contributed by atoms with Gasteiger partial charge in [-0.05, 0) is 32.0 Å². The Labute approximate surface area is 152 Å². The average Bonchev–Trinajstić information content (AvgIpc) is 3.12. The average molecular weight is 350 g/mol. The maximum Gasteiger partial charge on any atom is 0.161 e. The standard InChI is InChI=1S/C18H22N8/c1-13(26-12-21-11-23-26)10-22-18-15-4-8-20-9-5-16(15)24-17(25-18)14-2-6-19-7-3-14/h2-3,6-7,11-13,20H,4-5,8-10H2,1H3,(H,22,24,25)/t13-/m1/s1. The van der Waals surface area contributed by atoms with Crippen LogP contribution in [0.2, 0.25) is 0 Å². The Kier molecular flexibility index (Phi) is 4.83. The minimum atomic E-state index is 0.177. The van der Waals surface area contributed by atoms with Crippen LogP contribution in [0.4, 0.5) is 5.82 Å². The van der Waals surface area contributed by atoms with Crippen LogP contribution in [0.1, 0.15) is 24.2 Å². The van der Waals surface area contributed by atoms with Crippen LogP contribution in [0.25, 0.3) is 11.4 Å². The molecule has 1 aliphatic heterocycles. The Balaban J connectivity index is 1.65. The lowest BCUT2D eigenvalue weighted by molar-refractivity contribution is 0.510. The molecular formula is C18H22N8. The number of nitrogens with one attached hydrogen (secondary N) is 2. The zero-order chi connectivity index (χ0) is 17.8. The molecule has 0 aliphatic carbocycles. The number of anilines is 1. The third-order valence-corrected chi connectivity index (χ3v) is 4.57. The van der Waals surface area contributed by atoms with Crippen LogP contribution in [0.15, 0.2) is 37.2 Å². The number of rotatable bonds is 5. The predicted octanol–water partition coefficient (Wildman–Crippen LogP) is 1.49. The van der Waals surface area contributed by atoms with Crippen molar-refractivity contribution in [3.63, 3.8) is 0 Å². The zero-order valence-electron chi connectivity index (χ0n) is 14.8.